The van der Waals surface area contributed by atoms with Crippen LogP contribution in [0.2, 0.25) is 5.02 Å². The molecule has 0 aliphatic carbocycles. The third-order valence-corrected chi connectivity index (χ3v) is 4.72. The van der Waals surface area contributed by atoms with Crippen molar-refractivity contribution in [3.63, 3.8) is 0 Å². The Balaban J connectivity index is 1.54. The van der Waals surface area contributed by atoms with Crippen molar-refractivity contribution < 1.29 is 28.2 Å². The summed E-state index contributed by atoms with van der Waals surface area (Å²) in [6.07, 6.45) is 1.36. The van der Waals surface area contributed by atoms with Crippen molar-refractivity contribution >= 4 is 29.6 Å². The van der Waals surface area contributed by atoms with Crippen LogP contribution in [-0.2, 0) is 4.79 Å². The second-order valence-corrected chi connectivity index (χ2v) is 7.04. The first kappa shape index (κ1) is 23.7. The number of benzene rings is 2. The molecule has 0 fully saturated rings. The van der Waals surface area contributed by atoms with E-state index < -0.39 is 11.8 Å². The van der Waals surface area contributed by atoms with Gasteiger partial charge in [0, 0.05) is 16.1 Å². The minimum Gasteiger partial charge on any atom is -0.493 e. The molecule has 0 unspecified atom stereocenters. The van der Waals surface area contributed by atoms with Crippen LogP contribution in [-0.4, -0.2) is 45.9 Å². The van der Waals surface area contributed by atoms with Crippen molar-refractivity contribution in [2.75, 3.05) is 27.9 Å². The van der Waals surface area contributed by atoms with Crippen molar-refractivity contribution in [3.8, 4) is 28.6 Å². The number of carbonyl (C=O) groups is 2. The van der Waals surface area contributed by atoms with Gasteiger partial charge in [0.2, 0.25) is 5.75 Å². The van der Waals surface area contributed by atoms with E-state index in [0.29, 0.717) is 33.8 Å². The molecule has 172 valence electrons. The molecule has 9 nitrogen and oxygen atoms in total. The maximum Gasteiger partial charge on any atom is 0.259 e. The van der Waals surface area contributed by atoms with Gasteiger partial charge in [-0.25, -0.2) is 5.43 Å². The summed E-state index contributed by atoms with van der Waals surface area (Å²) in [4.78, 5) is 24.5. The zero-order valence-electron chi connectivity index (χ0n) is 18.2. The van der Waals surface area contributed by atoms with E-state index in [1.165, 1.54) is 39.7 Å². The summed E-state index contributed by atoms with van der Waals surface area (Å²) in [5.74, 6) is 1.09. The summed E-state index contributed by atoms with van der Waals surface area (Å²) in [6, 6.07) is 13.7. The quantitative estimate of drug-likeness (QED) is 0.365. The van der Waals surface area contributed by atoms with Gasteiger partial charge >= 0.3 is 0 Å². The minimum absolute atomic E-state index is 0.242. The second-order valence-electron chi connectivity index (χ2n) is 6.60. The van der Waals surface area contributed by atoms with Crippen molar-refractivity contribution in [2.45, 2.75) is 0 Å². The number of halogens is 1. The Morgan fingerprint density at radius 3 is 2.27 bits per heavy atom. The molecule has 2 aromatic carbocycles. The molecule has 0 aliphatic rings. The molecule has 0 aliphatic heterocycles. The van der Waals surface area contributed by atoms with E-state index in [-0.39, 0.29) is 12.1 Å². The zero-order chi connectivity index (χ0) is 23.8. The minimum atomic E-state index is -0.517. The highest BCUT2D eigenvalue weighted by molar-refractivity contribution is 6.30. The molecule has 33 heavy (non-hydrogen) atoms. The Morgan fingerprint density at radius 2 is 1.67 bits per heavy atom. The molecule has 0 saturated heterocycles. The lowest BCUT2D eigenvalue weighted by Gasteiger charge is -2.14. The molecule has 2 N–H and O–H groups in total. The Hall–Kier alpha value is -3.98. The van der Waals surface area contributed by atoms with E-state index in [4.69, 9.17) is 30.2 Å². The number of hydrogen-bond donors (Lipinski definition) is 2. The predicted octanol–water partition coefficient (Wildman–Crippen LogP) is 3.51. The zero-order valence-corrected chi connectivity index (χ0v) is 18.9. The molecule has 3 rings (SSSR count). The first-order chi connectivity index (χ1) is 15.9. The fourth-order valence-corrected chi connectivity index (χ4v) is 3.00. The highest BCUT2D eigenvalue weighted by Gasteiger charge is 2.17. The van der Waals surface area contributed by atoms with Crippen molar-refractivity contribution in [3.05, 3.63) is 64.9 Å². The molecule has 1 heterocycles. The van der Waals surface area contributed by atoms with Gasteiger partial charge in [-0.2, -0.15) is 5.10 Å². The molecule has 0 saturated carbocycles. The van der Waals surface area contributed by atoms with Gasteiger partial charge in [0.15, 0.2) is 11.5 Å². The lowest BCUT2D eigenvalue weighted by Crippen LogP contribution is -2.34. The number of hydrogen-bond acceptors (Lipinski definition) is 7. The standard InChI is InChI=1S/C23H22ClN3O6/c1-30-19-10-15(11-20(31-2)22(19)32-3)23(29)25-13-21(28)27-26-12-17-8-9-18(33-17)14-4-6-16(24)7-5-14/h4-12H,13H2,1-3H3,(H,25,29)(H,27,28)/b26-12+. The third-order valence-electron chi connectivity index (χ3n) is 4.47. The summed E-state index contributed by atoms with van der Waals surface area (Å²) in [6.45, 7) is -0.291. The van der Waals surface area contributed by atoms with Gasteiger partial charge in [-0.15, -0.1) is 0 Å². The maximum atomic E-state index is 12.4. The van der Waals surface area contributed by atoms with Crippen LogP contribution >= 0.6 is 11.6 Å². The summed E-state index contributed by atoms with van der Waals surface area (Å²) >= 11 is 5.89. The van der Waals surface area contributed by atoms with Crippen LogP contribution in [0, 0.1) is 0 Å². The van der Waals surface area contributed by atoms with Crippen LogP contribution in [0.5, 0.6) is 17.2 Å². The van der Waals surface area contributed by atoms with Gasteiger partial charge in [-0.05, 0) is 48.5 Å². The number of nitrogens with zero attached hydrogens (tertiary/aromatic N) is 1. The lowest BCUT2D eigenvalue weighted by atomic mass is 10.1. The van der Waals surface area contributed by atoms with Gasteiger partial charge in [-0.3, -0.25) is 9.59 Å². The fourth-order valence-electron chi connectivity index (χ4n) is 2.87. The molecule has 0 spiro atoms. The number of nitrogens with one attached hydrogen (secondary N) is 2. The van der Waals surface area contributed by atoms with E-state index in [0.717, 1.165) is 5.56 Å². The van der Waals surface area contributed by atoms with E-state index in [9.17, 15) is 9.59 Å². The fraction of sp³-hybridized carbons (Fsp3) is 0.174. The number of carbonyl (C=O) groups excluding carboxylic acids is 2. The van der Waals surface area contributed by atoms with Gasteiger partial charge < -0.3 is 23.9 Å². The summed E-state index contributed by atoms with van der Waals surface area (Å²) in [7, 11) is 4.36. The van der Waals surface area contributed by atoms with Gasteiger partial charge in [-0.1, -0.05) is 11.6 Å². The lowest BCUT2D eigenvalue weighted by molar-refractivity contribution is -0.120. The highest BCUT2D eigenvalue weighted by Crippen LogP contribution is 2.38. The van der Waals surface area contributed by atoms with E-state index >= 15 is 0 Å². The molecule has 2 amide bonds. The number of methoxy groups -OCH3 is 3. The van der Waals surface area contributed by atoms with Crippen LogP contribution < -0.4 is 25.0 Å². The predicted molar refractivity (Wildman–Crippen MR) is 123 cm³/mol. The summed E-state index contributed by atoms with van der Waals surface area (Å²) < 4.78 is 21.3. The molecule has 1 aromatic heterocycles. The number of amides is 2. The van der Waals surface area contributed by atoms with Crippen LogP contribution in [0.15, 0.2) is 58.0 Å². The van der Waals surface area contributed by atoms with Crippen LogP contribution in [0.3, 0.4) is 0 Å². The second kappa shape index (κ2) is 11.1. The maximum absolute atomic E-state index is 12.4. The van der Waals surface area contributed by atoms with Crippen LogP contribution in [0.1, 0.15) is 16.1 Å². The van der Waals surface area contributed by atoms with Gasteiger partial charge in [0.05, 0.1) is 34.1 Å². The van der Waals surface area contributed by atoms with Gasteiger partial charge in [0.25, 0.3) is 11.8 Å². The smallest absolute Gasteiger partial charge is 0.259 e. The van der Waals surface area contributed by atoms with E-state index in [1.807, 2.05) is 12.1 Å². The Kier molecular flexibility index (Phi) is 7.93. The monoisotopic (exact) mass is 471 g/mol. The number of furan rings is 1. The Labute approximate surface area is 195 Å². The normalized spacial score (nSPS) is 10.7. The van der Waals surface area contributed by atoms with Crippen LogP contribution in [0.25, 0.3) is 11.3 Å². The van der Waals surface area contributed by atoms with Crippen molar-refractivity contribution in [1.82, 2.24) is 10.7 Å². The molecular formula is C23H22ClN3O6. The largest absolute Gasteiger partial charge is 0.493 e. The number of rotatable bonds is 9. The highest BCUT2D eigenvalue weighted by atomic mass is 35.5. The Morgan fingerprint density at radius 1 is 1.00 bits per heavy atom. The van der Waals surface area contributed by atoms with Gasteiger partial charge in [0.1, 0.15) is 11.5 Å². The third kappa shape index (κ3) is 6.05. The van der Waals surface area contributed by atoms with E-state index in [1.54, 1.807) is 24.3 Å². The molecular weight excluding hydrogens is 450 g/mol. The SMILES string of the molecule is COc1cc(C(=O)NCC(=O)N/N=C/c2ccc(-c3ccc(Cl)cc3)o2)cc(OC)c1OC. The van der Waals surface area contributed by atoms with Crippen molar-refractivity contribution in [2.24, 2.45) is 5.10 Å². The number of ether oxygens (including phenoxy) is 3. The molecule has 3 aromatic rings. The van der Waals surface area contributed by atoms with Crippen molar-refractivity contribution in [1.29, 1.82) is 0 Å². The molecule has 0 radical (unpaired) electrons. The molecule has 10 heteroatoms. The first-order valence-corrected chi connectivity index (χ1v) is 10.1. The first-order valence-electron chi connectivity index (χ1n) is 9.71. The van der Waals surface area contributed by atoms with Crippen LogP contribution in [0.4, 0.5) is 0 Å². The summed E-state index contributed by atoms with van der Waals surface area (Å²) in [5.41, 5.74) is 3.43. The number of hydrazone groups is 1. The average molecular weight is 472 g/mol. The Bertz CT molecular complexity index is 1130. The molecule has 0 atom stereocenters. The molecule has 0 bridgehead atoms. The topological polar surface area (TPSA) is 111 Å². The summed E-state index contributed by atoms with van der Waals surface area (Å²) in [5, 5.41) is 6.98. The average Bonchev–Trinajstić information content (AvgIpc) is 3.30. The van der Waals surface area contributed by atoms with E-state index in [2.05, 4.69) is 15.8 Å².